The summed E-state index contributed by atoms with van der Waals surface area (Å²) in [5.41, 5.74) is 7.07. The topological polar surface area (TPSA) is 49.6 Å². The van der Waals surface area contributed by atoms with Gasteiger partial charge in [-0.25, -0.2) is 0 Å². The highest BCUT2D eigenvalue weighted by atomic mass is 35.5. The number of nitrogens with zero attached hydrogens (tertiary/aromatic N) is 2. The second kappa shape index (κ2) is 9.13. The van der Waals surface area contributed by atoms with Crippen molar-refractivity contribution in [3.63, 3.8) is 0 Å². The van der Waals surface area contributed by atoms with E-state index in [1.807, 2.05) is 23.1 Å². The summed E-state index contributed by atoms with van der Waals surface area (Å²) in [6.07, 6.45) is 1.09. The second-order valence-electron chi connectivity index (χ2n) is 5.35. The maximum absolute atomic E-state index is 12.4. The number of hydrogen-bond acceptors (Lipinski definition) is 3. The molecule has 6 heteroatoms. The summed E-state index contributed by atoms with van der Waals surface area (Å²) in [6.45, 7) is 5.95. The Morgan fingerprint density at radius 2 is 2.05 bits per heavy atom. The Kier molecular flexibility index (Phi) is 8.71. The Morgan fingerprint density at radius 1 is 1.38 bits per heavy atom. The summed E-state index contributed by atoms with van der Waals surface area (Å²) in [4.78, 5) is 16.6. The van der Waals surface area contributed by atoms with Crippen molar-refractivity contribution in [1.29, 1.82) is 0 Å². The molecule has 21 heavy (non-hydrogen) atoms. The smallest absolute Gasteiger partial charge is 0.255 e. The molecule has 0 spiro atoms. The van der Waals surface area contributed by atoms with Crippen LogP contribution in [0.3, 0.4) is 0 Å². The molecular formula is C15H25Cl2N3O. The van der Waals surface area contributed by atoms with E-state index in [2.05, 4.69) is 18.9 Å². The Labute approximate surface area is 139 Å². The summed E-state index contributed by atoms with van der Waals surface area (Å²) in [7, 11) is 2.12. The number of likely N-dealkylation sites (tertiary alicyclic amines) is 1. The van der Waals surface area contributed by atoms with Crippen molar-refractivity contribution in [2.75, 3.05) is 39.0 Å². The average molecular weight is 334 g/mol. The summed E-state index contributed by atoms with van der Waals surface area (Å²) in [6, 6.07) is 7.31. The van der Waals surface area contributed by atoms with Crippen molar-refractivity contribution in [1.82, 2.24) is 9.80 Å². The molecule has 2 N–H and O–H groups in total. The fourth-order valence-electron chi connectivity index (χ4n) is 2.60. The van der Waals surface area contributed by atoms with Crippen LogP contribution in [0, 0.1) is 5.92 Å². The Hall–Kier alpha value is -0.970. The summed E-state index contributed by atoms with van der Waals surface area (Å²) in [5.74, 6) is 0.651. The minimum absolute atomic E-state index is 0. The van der Waals surface area contributed by atoms with Crippen LogP contribution >= 0.6 is 24.8 Å². The lowest BCUT2D eigenvalue weighted by Crippen LogP contribution is -2.32. The maximum atomic E-state index is 12.4. The molecule has 120 valence electrons. The lowest BCUT2D eigenvalue weighted by molar-refractivity contribution is 0.0785. The molecule has 1 saturated heterocycles. The number of halogens is 2. The molecule has 0 bridgehead atoms. The quantitative estimate of drug-likeness (QED) is 0.861. The average Bonchev–Trinajstić information content (AvgIpc) is 2.87. The van der Waals surface area contributed by atoms with Gasteiger partial charge in [-0.15, -0.1) is 24.8 Å². The van der Waals surface area contributed by atoms with Gasteiger partial charge in [0.15, 0.2) is 0 Å². The van der Waals surface area contributed by atoms with Crippen LogP contribution in [0.1, 0.15) is 23.7 Å². The second-order valence-corrected chi connectivity index (χ2v) is 5.35. The van der Waals surface area contributed by atoms with Gasteiger partial charge in [-0.1, -0.05) is 19.1 Å². The van der Waals surface area contributed by atoms with Gasteiger partial charge in [-0.3, -0.25) is 4.79 Å². The van der Waals surface area contributed by atoms with E-state index in [0.29, 0.717) is 17.2 Å². The minimum Gasteiger partial charge on any atom is -0.398 e. The van der Waals surface area contributed by atoms with Crippen LogP contribution in [0.15, 0.2) is 24.3 Å². The number of rotatable bonds is 4. The van der Waals surface area contributed by atoms with Crippen LogP contribution in [-0.2, 0) is 0 Å². The van der Waals surface area contributed by atoms with E-state index >= 15 is 0 Å². The third kappa shape index (κ3) is 5.06. The van der Waals surface area contributed by atoms with Gasteiger partial charge in [0, 0.05) is 25.3 Å². The molecule has 1 aromatic rings. The van der Waals surface area contributed by atoms with Crippen molar-refractivity contribution in [2.24, 2.45) is 5.92 Å². The number of benzene rings is 1. The number of nitrogens with two attached hydrogens (primary N) is 1. The summed E-state index contributed by atoms with van der Waals surface area (Å²) >= 11 is 0. The van der Waals surface area contributed by atoms with Gasteiger partial charge >= 0.3 is 0 Å². The molecule has 0 radical (unpaired) electrons. The minimum atomic E-state index is 0. The molecule has 1 fully saturated rings. The van der Waals surface area contributed by atoms with E-state index in [4.69, 9.17) is 5.73 Å². The zero-order chi connectivity index (χ0) is 13.8. The highest BCUT2D eigenvalue weighted by molar-refractivity contribution is 5.99. The zero-order valence-corrected chi connectivity index (χ0v) is 14.3. The summed E-state index contributed by atoms with van der Waals surface area (Å²) in [5, 5.41) is 0. The lowest BCUT2D eigenvalue weighted by atomic mass is 10.1. The molecule has 1 amide bonds. The Bertz CT molecular complexity index is 456. The van der Waals surface area contributed by atoms with E-state index < -0.39 is 0 Å². The molecule has 0 saturated carbocycles. The molecule has 2 rings (SSSR count). The first-order valence-electron chi connectivity index (χ1n) is 6.94. The number of para-hydroxylation sites is 1. The van der Waals surface area contributed by atoms with E-state index in [0.717, 1.165) is 32.6 Å². The van der Waals surface area contributed by atoms with Crippen LogP contribution < -0.4 is 5.73 Å². The largest absolute Gasteiger partial charge is 0.398 e. The SMILES string of the molecule is CCN(C)CC1CCN(C(=O)c2ccccc2N)C1.Cl.Cl. The van der Waals surface area contributed by atoms with Gasteiger partial charge in [0.05, 0.1) is 5.56 Å². The fourth-order valence-corrected chi connectivity index (χ4v) is 2.60. The first-order valence-corrected chi connectivity index (χ1v) is 6.94. The van der Waals surface area contributed by atoms with Crippen LogP contribution in [0.2, 0.25) is 0 Å². The van der Waals surface area contributed by atoms with Gasteiger partial charge in [-0.2, -0.15) is 0 Å². The maximum Gasteiger partial charge on any atom is 0.255 e. The van der Waals surface area contributed by atoms with Crippen LogP contribution in [0.5, 0.6) is 0 Å². The number of hydrogen-bond donors (Lipinski definition) is 1. The number of carbonyl (C=O) groups excluding carboxylic acids is 1. The molecule has 1 aliphatic heterocycles. The van der Waals surface area contributed by atoms with E-state index in [1.54, 1.807) is 6.07 Å². The predicted molar refractivity (Wildman–Crippen MR) is 92.5 cm³/mol. The van der Waals surface area contributed by atoms with Crippen molar-refractivity contribution in [2.45, 2.75) is 13.3 Å². The number of carbonyl (C=O) groups is 1. The highest BCUT2D eigenvalue weighted by Crippen LogP contribution is 2.21. The highest BCUT2D eigenvalue weighted by Gasteiger charge is 2.28. The molecule has 1 atom stereocenters. The van der Waals surface area contributed by atoms with Gasteiger partial charge in [0.2, 0.25) is 0 Å². The third-order valence-corrected chi connectivity index (χ3v) is 3.87. The predicted octanol–water partition coefficient (Wildman–Crippen LogP) is 2.53. The third-order valence-electron chi connectivity index (χ3n) is 3.87. The van der Waals surface area contributed by atoms with E-state index in [-0.39, 0.29) is 30.7 Å². The van der Waals surface area contributed by atoms with Crippen molar-refractivity contribution in [3.8, 4) is 0 Å². The molecule has 0 aromatic heterocycles. The van der Waals surface area contributed by atoms with Crippen LogP contribution in [-0.4, -0.2) is 48.9 Å². The lowest BCUT2D eigenvalue weighted by Gasteiger charge is -2.20. The first kappa shape index (κ1) is 20.0. The molecule has 0 aliphatic carbocycles. The molecule has 1 aromatic carbocycles. The van der Waals surface area contributed by atoms with Gasteiger partial charge in [0.25, 0.3) is 5.91 Å². The molecule has 1 unspecified atom stereocenters. The standard InChI is InChI=1S/C15H23N3O.2ClH/c1-3-17(2)10-12-8-9-18(11-12)15(19)13-6-4-5-7-14(13)16;;/h4-7,12H,3,8-11,16H2,1-2H3;2*1H. The number of anilines is 1. The van der Waals surface area contributed by atoms with Crippen LogP contribution in [0.4, 0.5) is 5.69 Å². The van der Waals surface area contributed by atoms with Crippen molar-refractivity contribution in [3.05, 3.63) is 29.8 Å². The normalized spacial score (nSPS) is 17.3. The monoisotopic (exact) mass is 333 g/mol. The summed E-state index contributed by atoms with van der Waals surface area (Å²) < 4.78 is 0. The van der Waals surface area contributed by atoms with Gasteiger partial charge < -0.3 is 15.5 Å². The van der Waals surface area contributed by atoms with Crippen molar-refractivity contribution < 1.29 is 4.79 Å². The van der Waals surface area contributed by atoms with E-state index in [9.17, 15) is 4.79 Å². The van der Waals surface area contributed by atoms with Gasteiger partial charge in [0.1, 0.15) is 0 Å². The number of nitrogen functional groups attached to an aromatic ring is 1. The molecule has 1 heterocycles. The number of amides is 1. The first-order chi connectivity index (χ1) is 9.11. The van der Waals surface area contributed by atoms with Crippen LogP contribution in [0.25, 0.3) is 0 Å². The van der Waals surface area contributed by atoms with E-state index in [1.165, 1.54) is 0 Å². The Balaban J connectivity index is 0.00000200. The zero-order valence-electron chi connectivity index (χ0n) is 12.6. The van der Waals surface area contributed by atoms with Gasteiger partial charge in [-0.05, 0) is 38.1 Å². The fraction of sp³-hybridized carbons (Fsp3) is 0.533. The molecule has 1 aliphatic rings. The molecular weight excluding hydrogens is 309 g/mol. The Morgan fingerprint density at radius 3 is 2.67 bits per heavy atom. The van der Waals surface area contributed by atoms with Crippen molar-refractivity contribution >= 4 is 36.4 Å². The molecule has 4 nitrogen and oxygen atoms in total.